The van der Waals surface area contributed by atoms with Crippen molar-refractivity contribution in [2.24, 2.45) is 10.6 Å². The summed E-state index contributed by atoms with van der Waals surface area (Å²) >= 11 is 33.0. The van der Waals surface area contributed by atoms with E-state index < -0.39 is 46.1 Å². The predicted molar refractivity (Wildman–Crippen MR) is 89.0 cm³/mol. The average Bonchev–Trinajstić information content (AvgIpc) is 2.44. The van der Waals surface area contributed by atoms with E-state index in [0.29, 0.717) is 0 Å². The fourth-order valence-corrected chi connectivity index (χ4v) is 2.40. The second kappa shape index (κ2) is 8.24. The molecule has 0 radical (unpaired) electrons. The minimum absolute atomic E-state index is 0.508. The molecule has 1 fully saturated rings. The van der Waals surface area contributed by atoms with Gasteiger partial charge < -0.3 is 9.80 Å². The number of alkyl halides is 6. The highest BCUT2D eigenvalue weighted by Crippen LogP contribution is 2.31. The zero-order chi connectivity index (χ0) is 18.7. The van der Waals surface area contributed by atoms with E-state index in [1.54, 1.807) is 0 Å². The van der Waals surface area contributed by atoms with Gasteiger partial charge in [0.1, 0.15) is 26.7 Å². The van der Waals surface area contributed by atoms with Crippen LogP contribution in [0.25, 0.3) is 0 Å². The molecule has 136 valence electrons. The molecule has 0 unspecified atom stereocenters. The minimum Gasteiger partial charge on any atom is -0.300 e. The van der Waals surface area contributed by atoms with E-state index in [4.69, 9.17) is 69.6 Å². The Kier molecular flexibility index (Phi) is 7.39. The predicted octanol–water partition coefficient (Wildman–Crippen LogP) is 2.19. The fraction of sp³-hybridized carbons (Fsp3) is 0.750. The molecule has 0 aromatic heterocycles. The topological polar surface area (TPSA) is 106 Å². The summed E-state index contributed by atoms with van der Waals surface area (Å²) in [6.07, 6.45) is 0. The Hall–Kier alpha value is -0.520. The molecule has 0 aliphatic carbocycles. The van der Waals surface area contributed by atoms with Crippen LogP contribution in [0.3, 0.4) is 0 Å². The Morgan fingerprint density at radius 2 is 0.917 bits per heavy atom. The summed E-state index contributed by atoms with van der Waals surface area (Å²) in [5, 5.41) is 6.73. The van der Waals surface area contributed by atoms with Crippen LogP contribution in [0.4, 0.5) is 0 Å². The molecule has 24 heavy (non-hydrogen) atoms. The molecular weight excluding hydrogens is 457 g/mol. The lowest BCUT2D eigenvalue weighted by Crippen LogP contribution is -2.57. The van der Waals surface area contributed by atoms with Crippen molar-refractivity contribution in [1.29, 1.82) is 0 Å². The first kappa shape index (κ1) is 21.5. The smallest absolute Gasteiger partial charge is 0.277 e. The summed E-state index contributed by atoms with van der Waals surface area (Å²) in [7, 11) is 0. The maximum absolute atomic E-state index is 12.0. The number of nitrogens with zero attached hydrogens (tertiary/aromatic N) is 6. The van der Waals surface area contributed by atoms with Gasteiger partial charge in [0, 0.05) is 0 Å². The molecule has 0 aromatic carbocycles. The number of hydrogen-bond acceptors (Lipinski definition) is 6. The van der Waals surface area contributed by atoms with Gasteiger partial charge in [0.05, 0.1) is 10.6 Å². The largest absolute Gasteiger partial charge is 0.300 e. The van der Waals surface area contributed by atoms with Crippen molar-refractivity contribution >= 4 is 81.4 Å². The summed E-state index contributed by atoms with van der Waals surface area (Å²) in [4.78, 5) is 47.5. The number of carbonyl (C=O) groups is 2. The van der Waals surface area contributed by atoms with Crippen molar-refractivity contribution in [1.82, 2.24) is 19.8 Å². The lowest BCUT2D eigenvalue weighted by atomic mass is 10.5. The standard InChI is InChI=1S/C8H8Cl6N6O4/c9-7(10,11)5(21)17-1-19(15-23)3-18(4-20(2-17)16-24)6(22)8(12,13)14/h1-4H2. The maximum Gasteiger partial charge on any atom is 0.277 e. The second-order valence-corrected chi connectivity index (χ2v) is 8.99. The van der Waals surface area contributed by atoms with Gasteiger partial charge in [0.15, 0.2) is 0 Å². The zero-order valence-electron chi connectivity index (χ0n) is 11.4. The summed E-state index contributed by atoms with van der Waals surface area (Å²) in [6.45, 7) is -2.03. The maximum atomic E-state index is 12.0. The summed E-state index contributed by atoms with van der Waals surface area (Å²) in [5.41, 5.74) is 0. The highest BCUT2D eigenvalue weighted by Gasteiger charge is 2.41. The van der Waals surface area contributed by atoms with Crippen LogP contribution in [-0.2, 0) is 9.59 Å². The molecule has 10 nitrogen and oxygen atoms in total. The molecule has 1 saturated heterocycles. The van der Waals surface area contributed by atoms with E-state index in [2.05, 4.69) is 10.6 Å². The molecule has 0 bridgehead atoms. The van der Waals surface area contributed by atoms with E-state index in [9.17, 15) is 19.4 Å². The van der Waals surface area contributed by atoms with E-state index >= 15 is 0 Å². The third-order valence-electron chi connectivity index (χ3n) is 2.63. The van der Waals surface area contributed by atoms with Gasteiger partial charge in [-0.15, -0.1) is 9.81 Å². The SMILES string of the molecule is O=NN1CN(C(=O)C(Cl)(Cl)Cl)CN(N=O)CN(C(=O)C(Cl)(Cl)Cl)C1. The molecule has 2 amide bonds. The van der Waals surface area contributed by atoms with Crippen molar-refractivity contribution in [2.75, 3.05) is 26.7 Å². The summed E-state index contributed by atoms with van der Waals surface area (Å²) < 4.78 is -4.68. The number of hydrogen-bond donors (Lipinski definition) is 0. The van der Waals surface area contributed by atoms with Gasteiger partial charge >= 0.3 is 0 Å². The van der Waals surface area contributed by atoms with Crippen LogP contribution < -0.4 is 0 Å². The molecular formula is C8H8Cl6N6O4. The molecule has 1 aliphatic rings. The van der Waals surface area contributed by atoms with E-state index in [1.165, 1.54) is 0 Å². The van der Waals surface area contributed by atoms with Gasteiger partial charge in [0.2, 0.25) is 0 Å². The Labute approximate surface area is 165 Å². The summed E-state index contributed by atoms with van der Waals surface area (Å²) in [6, 6.07) is 0. The fourth-order valence-electron chi connectivity index (χ4n) is 1.69. The first-order chi connectivity index (χ1) is 10.9. The minimum atomic E-state index is -2.34. The third-order valence-corrected chi connectivity index (χ3v) is 3.60. The van der Waals surface area contributed by atoms with E-state index in [-0.39, 0.29) is 0 Å². The molecule has 1 heterocycles. The highest BCUT2D eigenvalue weighted by atomic mass is 35.6. The van der Waals surface area contributed by atoms with Gasteiger partial charge in [-0.1, -0.05) is 69.6 Å². The average molecular weight is 465 g/mol. The van der Waals surface area contributed by atoms with Gasteiger partial charge in [-0.25, -0.2) is 10.0 Å². The van der Waals surface area contributed by atoms with Crippen molar-refractivity contribution in [3.8, 4) is 0 Å². The van der Waals surface area contributed by atoms with Crippen LogP contribution in [0.1, 0.15) is 0 Å². The lowest BCUT2D eigenvalue weighted by molar-refractivity contribution is -0.145. The van der Waals surface area contributed by atoms with Crippen LogP contribution in [-0.4, -0.2) is 65.9 Å². The molecule has 0 saturated carbocycles. The number of rotatable bonds is 2. The Morgan fingerprint density at radius 3 is 1.08 bits per heavy atom. The van der Waals surface area contributed by atoms with Gasteiger partial charge in [0.25, 0.3) is 19.4 Å². The summed E-state index contributed by atoms with van der Waals surface area (Å²) in [5.74, 6) is -2.06. The Bertz CT molecular complexity index is 466. The molecule has 0 aromatic rings. The van der Waals surface area contributed by atoms with Crippen molar-refractivity contribution in [3.63, 3.8) is 0 Å². The second-order valence-electron chi connectivity index (χ2n) is 4.43. The lowest BCUT2D eigenvalue weighted by Gasteiger charge is -2.39. The van der Waals surface area contributed by atoms with Crippen molar-refractivity contribution in [3.05, 3.63) is 9.81 Å². The van der Waals surface area contributed by atoms with Crippen LogP contribution in [0.15, 0.2) is 10.6 Å². The number of nitroso groups, excluding NO2 is 2. The molecule has 0 atom stereocenters. The van der Waals surface area contributed by atoms with Gasteiger partial charge in [-0.2, -0.15) is 0 Å². The van der Waals surface area contributed by atoms with Crippen LogP contribution in [0.5, 0.6) is 0 Å². The molecule has 0 N–H and O–H groups in total. The highest BCUT2D eigenvalue weighted by molar-refractivity contribution is 6.76. The molecule has 1 rings (SSSR count). The van der Waals surface area contributed by atoms with E-state index in [1.807, 2.05) is 0 Å². The number of halogens is 6. The van der Waals surface area contributed by atoms with Crippen molar-refractivity contribution in [2.45, 2.75) is 7.59 Å². The Balaban J connectivity index is 3.07. The monoisotopic (exact) mass is 462 g/mol. The van der Waals surface area contributed by atoms with Crippen LogP contribution in [0.2, 0.25) is 0 Å². The first-order valence-corrected chi connectivity index (χ1v) is 8.05. The van der Waals surface area contributed by atoms with Crippen molar-refractivity contribution < 1.29 is 9.59 Å². The quantitative estimate of drug-likeness (QED) is 0.458. The normalized spacial score (nSPS) is 17.2. The van der Waals surface area contributed by atoms with Gasteiger partial charge in [-0.05, 0) is 0 Å². The molecule has 1 aliphatic heterocycles. The molecule has 16 heteroatoms. The van der Waals surface area contributed by atoms with Crippen LogP contribution in [0, 0.1) is 9.81 Å². The van der Waals surface area contributed by atoms with Gasteiger partial charge in [-0.3, -0.25) is 9.59 Å². The third kappa shape index (κ3) is 5.78. The number of carbonyl (C=O) groups excluding carboxylic acids is 2. The van der Waals surface area contributed by atoms with E-state index in [0.717, 1.165) is 19.8 Å². The Morgan fingerprint density at radius 1 is 0.667 bits per heavy atom. The first-order valence-electron chi connectivity index (χ1n) is 5.78. The zero-order valence-corrected chi connectivity index (χ0v) is 15.9. The van der Waals surface area contributed by atoms with Crippen LogP contribution >= 0.6 is 69.6 Å². The number of amides is 2. The molecule has 0 spiro atoms.